The van der Waals surface area contributed by atoms with E-state index in [4.69, 9.17) is 4.52 Å². The summed E-state index contributed by atoms with van der Waals surface area (Å²) in [7, 11) is 0. The van der Waals surface area contributed by atoms with Crippen molar-refractivity contribution >= 4 is 11.6 Å². The molecule has 1 N–H and O–H groups in total. The van der Waals surface area contributed by atoms with Crippen molar-refractivity contribution < 1.29 is 9.32 Å². The topological polar surface area (TPSA) is 103 Å². The van der Waals surface area contributed by atoms with Crippen LogP contribution in [-0.4, -0.2) is 25.8 Å². The van der Waals surface area contributed by atoms with Gasteiger partial charge in [-0.15, -0.1) is 0 Å². The Balaban J connectivity index is 1.51. The number of amides is 1. The van der Waals surface area contributed by atoms with Crippen LogP contribution in [0.5, 0.6) is 0 Å². The first-order chi connectivity index (χ1) is 14.6. The SMILES string of the molecule is CCc1ccc(NC(=O)Cn2nc(-c3nc(-c4ccccc4)no3)ccc2=O)cc1. The number of aromatic nitrogens is 4. The third-order valence-electron chi connectivity index (χ3n) is 4.48. The molecule has 0 aliphatic carbocycles. The van der Waals surface area contributed by atoms with E-state index in [1.54, 1.807) is 0 Å². The lowest BCUT2D eigenvalue weighted by molar-refractivity contribution is -0.117. The minimum absolute atomic E-state index is 0.165. The van der Waals surface area contributed by atoms with Gasteiger partial charge in [0.05, 0.1) is 0 Å². The van der Waals surface area contributed by atoms with E-state index in [1.165, 1.54) is 17.7 Å². The van der Waals surface area contributed by atoms with Crippen LogP contribution in [0.2, 0.25) is 0 Å². The van der Waals surface area contributed by atoms with E-state index in [0.29, 0.717) is 17.2 Å². The summed E-state index contributed by atoms with van der Waals surface area (Å²) in [5.41, 5.74) is 2.54. The highest BCUT2D eigenvalue weighted by Crippen LogP contribution is 2.19. The minimum Gasteiger partial charge on any atom is -0.332 e. The number of carbonyl (C=O) groups is 1. The van der Waals surface area contributed by atoms with Crippen LogP contribution in [-0.2, 0) is 17.8 Å². The number of aryl methyl sites for hydroxylation is 1. The Kier molecular flexibility index (Phi) is 5.47. The van der Waals surface area contributed by atoms with Gasteiger partial charge in [0.25, 0.3) is 11.4 Å². The maximum atomic E-state index is 12.4. The van der Waals surface area contributed by atoms with E-state index < -0.39 is 5.56 Å². The molecule has 0 radical (unpaired) electrons. The van der Waals surface area contributed by atoms with Gasteiger partial charge in [0, 0.05) is 17.3 Å². The summed E-state index contributed by atoms with van der Waals surface area (Å²) in [6.45, 7) is 1.83. The molecule has 0 aliphatic rings. The molecule has 30 heavy (non-hydrogen) atoms. The van der Waals surface area contributed by atoms with Gasteiger partial charge in [0.2, 0.25) is 11.7 Å². The second kappa shape index (κ2) is 8.52. The Morgan fingerprint density at radius 1 is 1.03 bits per heavy atom. The smallest absolute Gasteiger partial charge is 0.278 e. The van der Waals surface area contributed by atoms with Gasteiger partial charge in [-0.05, 0) is 30.2 Å². The second-order valence-corrected chi connectivity index (χ2v) is 6.60. The fourth-order valence-corrected chi connectivity index (χ4v) is 2.87. The Labute approximate surface area is 172 Å². The Bertz CT molecular complexity index is 1210. The van der Waals surface area contributed by atoms with E-state index in [1.807, 2.05) is 54.6 Å². The number of carbonyl (C=O) groups excluding carboxylic acids is 1. The molecule has 150 valence electrons. The van der Waals surface area contributed by atoms with E-state index >= 15 is 0 Å². The molecule has 2 heterocycles. The number of hydrogen-bond acceptors (Lipinski definition) is 6. The third-order valence-corrected chi connectivity index (χ3v) is 4.48. The summed E-state index contributed by atoms with van der Waals surface area (Å²) in [5.74, 6) is 0.220. The lowest BCUT2D eigenvalue weighted by Crippen LogP contribution is -2.29. The molecule has 0 fully saturated rings. The van der Waals surface area contributed by atoms with Crippen LogP contribution in [0.4, 0.5) is 5.69 Å². The van der Waals surface area contributed by atoms with Crippen molar-refractivity contribution in [3.8, 4) is 23.0 Å². The Hall–Kier alpha value is -4.07. The van der Waals surface area contributed by atoms with E-state index in [2.05, 4.69) is 27.5 Å². The molecular formula is C22H19N5O3. The van der Waals surface area contributed by atoms with Gasteiger partial charge < -0.3 is 9.84 Å². The standard InChI is InChI=1S/C22H19N5O3/c1-2-15-8-10-17(11-9-15)23-19(28)14-27-20(29)13-12-18(25-27)22-24-21(26-30-22)16-6-4-3-5-7-16/h3-13H,2,14H2,1H3,(H,23,28). The van der Waals surface area contributed by atoms with Gasteiger partial charge in [-0.1, -0.05) is 54.5 Å². The molecule has 2 aromatic heterocycles. The second-order valence-electron chi connectivity index (χ2n) is 6.60. The molecule has 0 aliphatic heterocycles. The van der Waals surface area contributed by atoms with Crippen molar-refractivity contribution in [2.45, 2.75) is 19.9 Å². The lowest BCUT2D eigenvalue weighted by Gasteiger charge is -2.07. The van der Waals surface area contributed by atoms with E-state index in [-0.39, 0.29) is 18.3 Å². The molecule has 0 bridgehead atoms. The van der Waals surface area contributed by atoms with Gasteiger partial charge in [-0.3, -0.25) is 9.59 Å². The molecule has 4 aromatic rings. The summed E-state index contributed by atoms with van der Waals surface area (Å²) < 4.78 is 6.35. The molecule has 0 atom stereocenters. The van der Waals surface area contributed by atoms with Crippen LogP contribution < -0.4 is 10.9 Å². The molecule has 8 nitrogen and oxygen atoms in total. The van der Waals surface area contributed by atoms with E-state index in [0.717, 1.165) is 16.7 Å². The predicted molar refractivity (Wildman–Crippen MR) is 112 cm³/mol. The summed E-state index contributed by atoms with van der Waals surface area (Å²) in [5, 5.41) is 10.9. The number of rotatable bonds is 6. The fraction of sp³-hybridized carbons (Fsp3) is 0.136. The van der Waals surface area contributed by atoms with Crippen molar-refractivity contribution in [3.05, 3.63) is 82.6 Å². The quantitative estimate of drug-likeness (QED) is 0.532. The first-order valence-corrected chi connectivity index (χ1v) is 9.49. The van der Waals surface area contributed by atoms with Crippen molar-refractivity contribution in [2.24, 2.45) is 0 Å². The van der Waals surface area contributed by atoms with Crippen LogP contribution in [0.1, 0.15) is 12.5 Å². The maximum absolute atomic E-state index is 12.4. The molecule has 1 amide bonds. The van der Waals surface area contributed by atoms with Gasteiger partial charge in [0.1, 0.15) is 12.2 Å². The average Bonchev–Trinajstić information content (AvgIpc) is 3.27. The highest BCUT2D eigenvalue weighted by atomic mass is 16.5. The number of nitrogens with zero attached hydrogens (tertiary/aromatic N) is 4. The number of benzene rings is 2. The number of nitrogens with one attached hydrogen (secondary N) is 1. The molecular weight excluding hydrogens is 382 g/mol. The van der Waals surface area contributed by atoms with Gasteiger partial charge in [0.15, 0.2) is 0 Å². The molecule has 0 spiro atoms. The summed E-state index contributed by atoms with van der Waals surface area (Å²) >= 11 is 0. The highest BCUT2D eigenvalue weighted by Gasteiger charge is 2.14. The van der Waals surface area contributed by atoms with Crippen molar-refractivity contribution in [3.63, 3.8) is 0 Å². The fourth-order valence-electron chi connectivity index (χ4n) is 2.87. The van der Waals surface area contributed by atoms with Crippen LogP contribution in [0, 0.1) is 0 Å². The van der Waals surface area contributed by atoms with Crippen molar-refractivity contribution in [1.82, 2.24) is 19.9 Å². The first-order valence-electron chi connectivity index (χ1n) is 9.49. The minimum atomic E-state index is -0.405. The third kappa shape index (κ3) is 4.33. The van der Waals surface area contributed by atoms with Crippen molar-refractivity contribution in [2.75, 3.05) is 5.32 Å². The van der Waals surface area contributed by atoms with Crippen LogP contribution in [0.25, 0.3) is 23.0 Å². The molecule has 0 saturated carbocycles. The van der Waals surface area contributed by atoms with Gasteiger partial charge in [-0.2, -0.15) is 10.1 Å². The number of anilines is 1. The first kappa shape index (κ1) is 19.3. The summed E-state index contributed by atoms with van der Waals surface area (Å²) in [4.78, 5) is 28.8. The molecule has 8 heteroatoms. The van der Waals surface area contributed by atoms with Gasteiger partial charge in [-0.25, -0.2) is 4.68 Å². The Morgan fingerprint density at radius 3 is 2.53 bits per heavy atom. The van der Waals surface area contributed by atoms with Crippen LogP contribution >= 0.6 is 0 Å². The van der Waals surface area contributed by atoms with E-state index in [9.17, 15) is 9.59 Å². The van der Waals surface area contributed by atoms with Gasteiger partial charge >= 0.3 is 0 Å². The zero-order valence-corrected chi connectivity index (χ0v) is 16.3. The zero-order valence-electron chi connectivity index (χ0n) is 16.3. The molecule has 0 saturated heterocycles. The van der Waals surface area contributed by atoms with Crippen LogP contribution in [0.15, 0.2) is 76.0 Å². The summed E-state index contributed by atoms with van der Waals surface area (Å²) in [6.07, 6.45) is 0.919. The zero-order chi connectivity index (χ0) is 20.9. The maximum Gasteiger partial charge on any atom is 0.278 e. The highest BCUT2D eigenvalue weighted by molar-refractivity contribution is 5.90. The Morgan fingerprint density at radius 2 is 1.80 bits per heavy atom. The number of hydrogen-bond donors (Lipinski definition) is 1. The molecule has 4 rings (SSSR count). The lowest BCUT2D eigenvalue weighted by atomic mass is 10.1. The largest absolute Gasteiger partial charge is 0.332 e. The molecule has 2 aromatic carbocycles. The summed E-state index contributed by atoms with van der Waals surface area (Å²) in [6, 6.07) is 19.7. The predicted octanol–water partition coefficient (Wildman–Crippen LogP) is 3.16. The van der Waals surface area contributed by atoms with Crippen molar-refractivity contribution in [1.29, 1.82) is 0 Å². The normalized spacial score (nSPS) is 10.7. The average molecular weight is 401 g/mol. The van der Waals surface area contributed by atoms with Crippen LogP contribution in [0.3, 0.4) is 0 Å². The monoisotopic (exact) mass is 401 g/mol. The molecule has 0 unspecified atom stereocenters.